The highest BCUT2D eigenvalue weighted by Crippen LogP contribution is 2.25. The minimum atomic E-state index is -0.480. The Balaban J connectivity index is 2.24. The lowest BCUT2D eigenvalue weighted by molar-refractivity contribution is 0.175. The van der Waals surface area contributed by atoms with Crippen LogP contribution in [-0.4, -0.2) is 14.9 Å². The van der Waals surface area contributed by atoms with Crippen molar-refractivity contribution in [2.75, 3.05) is 0 Å². The van der Waals surface area contributed by atoms with Gasteiger partial charge < -0.3 is 5.11 Å². The van der Waals surface area contributed by atoms with Crippen molar-refractivity contribution < 1.29 is 5.11 Å². The molecule has 1 aromatic carbocycles. The summed E-state index contributed by atoms with van der Waals surface area (Å²) in [7, 11) is 1.91. The van der Waals surface area contributed by atoms with Gasteiger partial charge in [0, 0.05) is 22.7 Å². The number of nitrogens with zero attached hydrogens (tertiary/aromatic N) is 2. The quantitative estimate of drug-likeness (QED) is 0.859. The summed E-state index contributed by atoms with van der Waals surface area (Å²) in [5, 5.41) is 14.7. The van der Waals surface area contributed by atoms with Gasteiger partial charge in [0.05, 0.1) is 11.8 Å². The maximum Gasteiger partial charge on any atom is 0.0855 e. The fourth-order valence-electron chi connectivity index (χ4n) is 2.09. The molecule has 0 aliphatic carbocycles. The molecule has 0 aliphatic heterocycles. The van der Waals surface area contributed by atoms with Crippen LogP contribution in [0, 0.1) is 17.4 Å². The number of rotatable bonds is 3. The van der Waals surface area contributed by atoms with Crippen molar-refractivity contribution in [3.63, 3.8) is 0 Å². The summed E-state index contributed by atoms with van der Waals surface area (Å²) in [6.07, 6.45) is 0.114. The highest BCUT2D eigenvalue weighted by molar-refractivity contribution is 14.1. The number of halogens is 1. The highest BCUT2D eigenvalue weighted by Gasteiger charge is 2.15. The molecule has 0 bridgehead atoms. The Bertz CT molecular complexity index is 563. The SMILES string of the molecule is Cc1cc(CC(O)c2cccc(C)c2I)n(C)n1. The van der Waals surface area contributed by atoms with Crippen molar-refractivity contribution in [1.82, 2.24) is 9.78 Å². The molecule has 0 saturated carbocycles. The topological polar surface area (TPSA) is 38.0 Å². The van der Waals surface area contributed by atoms with Crippen LogP contribution in [0.5, 0.6) is 0 Å². The molecule has 18 heavy (non-hydrogen) atoms. The molecule has 96 valence electrons. The van der Waals surface area contributed by atoms with E-state index in [4.69, 9.17) is 0 Å². The zero-order valence-corrected chi connectivity index (χ0v) is 13.0. The Morgan fingerprint density at radius 2 is 2.11 bits per heavy atom. The van der Waals surface area contributed by atoms with Crippen LogP contribution in [-0.2, 0) is 13.5 Å². The summed E-state index contributed by atoms with van der Waals surface area (Å²) in [5.41, 5.74) is 4.23. The largest absolute Gasteiger partial charge is 0.388 e. The van der Waals surface area contributed by atoms with E-state index in [1.807, 2.05) is 36.9 Å². The van der Waals surface area contributed by atoms with Crippen LogP contribution in [0.25, 0.3) is 0 Å². The number of benzene rings is 1. The number of hydrogen-bond acceptors (Lipinski definition) is 2. The lowest BCUT2D eigenvalue weighted by atomic mass is 10.0. The predicted molar refractivity (Wildman–Crippen MR) is 80.5 cm³/mol. The number of aromatic nitrogens is 2. The number of aliphatic hydroxyl groups excluding tert-OH is 1. The maximum atomic E-state index is 10.4. The van der Waals surface area contributed by atoms with Gasteiger partial charge in [0.15, 0.2) is 0 Å². The standard InChI is InChI=1S/C14H17IN2O/c1-9-5-4-6-12(14(9)15)13(18)8-11-7-10(2)16-17(11)3/h4-7,13,18H,8H2,1-3H3. The van der Waals surface area contributed by atoms with Gasteiger partial charge in [0.25, 0.3) is 0 Å². The molecule has 1 atom stereocenters. The monoisotopic (exact) mass is 356 g/mol. The van der Waals surface area contributed by atoms with E-state index in [1.54, 1.807) is 0 Å². The van der Waals surface area contributed by atoms with Crippen molar-refractivity contribution in [2.45, 2.75) is 26.4 Å². The molecule has 0 aliphatic rings. The van der Waals surface area contributed by atoms with E-state index in [0.717, 1.165) is 20.5 Å². The van der Waals surface area contributed by atoms with Crippen molar-refractivity contribution in [2.24, 2.45) is 7.05 Å². The van der Waals surface area contributed by atoms with Crippen LogP contribution in [0.3, 0.4) is 0 Å². The molecule has 0 radical (unpaired) electrons. The van der Waals surface area contributed by atoms with Gasteiger partial charge in [-0.05, 0) is 53.6 Å². The molecular weight excluding hydrogens is 339 g/mol. The van der Waals surface area contributed by atoms with E-state index >= 15 is 0 Å². The van der Waals surface area contributed by atoms with Crippen LogP contribution in [0.15, 0.2) is 24.3 Å². The van der Waals surface area contributed by atoms with Gasteiger partial charge in [0.2, 0.25) is 0 Å². The molecule has 1 unspecified atom stereocenters. The fraction of sp³-hybridized carbons (Fsp3) is 0.357. The minimum absolute atomic E-state index is 0.480. The number of aryl methyl sites for hydroxylation is 3. The summed E-state index contributed by atoms with van der Waals surface area (Å²) >= 11 is 2.29. The van der Waals surface area contributed by atoms with Gasteiger partial charge in [-0.3, -0.25) is 4.68 Å². The Morgan fingerprint density at radius 3 is 2.72 bits per heavy atom. The maximum absolute atomic E-state index is 10.4. The molecule has 0 amide bonds. The molecule has 0 spiro atoms. The summed E-state index contributed by atoms with van der Waals surface area (Å²) in [5.74, 6) is 0. The lowest BCUT2D eigenvalue weighted by Gasteiger charge is -2.14. The molecule has 2 aromatic rings. The van der Waals surface area contributed by atoms with Crippen molar-refractivity contribution in [3.8, 4) is 0 Å². The van der Waals surface area contributed by atoms with Gasteiger partial charge in [-0.2, -0.15) is 5.10 Å². The van der Waals surface area contributed by atoms with Crippen LogP contribution in [0.1, 0.15) is 28.6 Å². The first-order valence-corrected chi connectivity index (χ1v) is 6.99. The number of aliphatic hydroxyl groups is 1. The molecule has 1 N–H and O–H groups in total. The zero-order valence-electron chi connectivity index (χ0n) is 10.8. The van der Waals surface area contributed by atoms with E-state index in [-0.39, 0.29) is 0 Å². The van der Waals surface area contributed by atoms with Gasteiger partial charge in [0.1, 0.15) is 0 Å². The predicted octanol–water partition coefficient (Wildman–Crippen LogP) is 2.92. The second-order valence-electron chi connectivity index (χ2n) is 4.60. The summed E-state index contributed by atoms with van der Waals surface area (Å²) in [4.78, 5) is 0. The summed E-state index contributed by atoms with van der Waals surface area (Å²) in [6.45, 7) is 4.03. The van der Waals surface area contributed by atoms with Crippen LogP contribution < -0.4 is 0 Å². The minimum Gasteiger partial charge on any atom is -0.388 e. The van der Waals surface area contributed by atoms with Gasteiger partial charge in [-0.25, -0.2) is 0 Å². The van der Waals surface area contributed by atoms with Crippen molar-refractivity contribution >= 4 is 22.6 Å². The van der Waals surface area contributed by atoms with E-state index in [2.05, 4.69) is 40.7 Å². The lowest BCUT2D eigenvalue weighted by Crippen LogP contribution is -2.08. The number of hydrogen-bond donors (Lipinski definition) is 1. The molecule has 1 aromatic heterocycles. The van der Waals surface area contributed by atoms with E-state index in [9.17, 15) is 5.11 Å². The highest BCUT2D eigenvalue weighted by atomic mass is 127. The Labute approximate surface area is 121 Å². The third-order valence-electron chi connectivity index (χ3n) is 3.08. The molecule has 3 nitrogen and oxygen atoms in total. The molecule has 1 heterocycles. The first-order chi connectivity index (χ1) is 8.49. The Kier molecular flexibility index (Phi) is 4.07. The van der Waals surface area contributed by atoms with E-state index in [1.165, 1.54) is 5.56 Å². The van der Waals surface area contributed by atoms with Crippen LogP contribution in [0.4, 0.5) is 0 Å². The smallest absolute Gasteiger partial charge is 0.0855 e. The molecule has 0 fully saturated rings. The van der Waals surface area contributed by atoms with E-state index < -0.39 is 6.10 Å². The van der Waals surface area contributed by atoms with Gasteiger partial charge in [-0.1, -0.05) is 18.2 Å². The van der Waals surface area contributed by atoms with Crippen LogP contribution >= 0.6 is 22.6 Å². The Hall–Kier alpha value is -0.880. The average molecular weight is 356 g/mol. The fourth-order valence-corrected chi connectivity index (χ4v) is 2.81. The molecule has 0 saturated heterocycles. The third kappa shape index (κ3) is 2.75. The molecular formula is C14H17IN2O. The van der Waals surface area contributed by atoms with Crippen molar-refractivity contribution in [1.29, 1.82) is 0 Å². The normalized spacial score (nSPS) is 12.7. The average Bonchev–Trinajstić information content (AvgIpc) is 2.61. The van der Waals surface area contributed by atoms with E-state index in [0.29, 0.717) is 6.42 Å². The zero-order chi connectivity index (χ0) is 13.3. The Morgan fingerprint density at radius 1 is 1.39 bits per heavy atom. The van der Waals surface area contributed by atoms with Crippen molar-refractivity contribution in [3.05, 3.63) is 50.4 Å². The third-order valence-corrected chi connectivity index (χ3v) is 4.56. The second kappa shape index (κ2) is 5.40. The van der Waals surface area contributed by atoms with Gasteiger partial charge in [-0.15, -0.1) is 0 Å². The first kappa shape index (κ1) is 13.5. The summed E-state index contributed by atoms with van der Waals surface area (Å²) < 4.78 is 2.97. The summed E-state index contributed by atoms with van der Waals surface area (Å²) in [6, 6.07) is 8.06. The molecule has 2 rings (SSSR count). The first-order valence-electron chi connectivity index (χ1n) is 5.91. The van der Waals surface area contributed by atoms with Crippen LogP contribution in [0.2, 0.25) is 0 Å². The molecule has 4 heteroatoms. The second-order valence-corrected chi connectivity index (χ2v) is 5.68. The van der Waals surface area contributed by atoms with Gasteiger partial charge >= 0.3 is 0 Å².